The number of hydrogen-bond donors (Lipinski definition) is 1. The Morgan fingerprint density at radius 1 is 1.56 bits per heavy atom. The smallest absolute Gasteiger partial charge is 0.341 e. The standard InChI is InChI=1S/C11H10N2O2S/c1-15-11(14)8-5-7(6-13-10(8)12)9-3-2-4-16-9/h2-6H,1H3,(H2,12,13). The van der Waals surface area contributed by atoms with Crippen LogP contribution in [-0.2, 0) is 4.74 Å². The number of rotatable bonds is 2. The molecule has 2 heterocycles. The highest BCUT2D eigenvalue weighted by atomic mass is 32.1. The van der Waals surface area contributed by atoms with Crippen LogP contribution in [0.3, 0.4) is 0 Å². The largest absolute Gasteiger partial charge is 0.465 e. The molecule has 0 aliphatic heterocycles. The van der Waals surface area contributed by atoms with Gasteiger partial charge in [-0.25, -0.2) is 9.78 Å². The summed E-state index contributed by atoms with van der Waals surface area (Å²) in [6.45, 7) is 0. The van der Waals surface area contributed by atoms with Gasteiger partial charge in [-0.2, -0.15) is 0 Å². The van der Waals surface area contributed by atoms with Gasteiger partial charge in [-0.15, -0.1) is 11.3 Å². The van der Waals surface area contributed by atoms with Gasteiger partial charge in [-0.05, 0) is 17.5 Å². The van der Waals surface area contributed by atoms with Crippen LogP contribution >= 0.6 is 11.3 Å². The molecule has 0 unspecified atom stereocenters. The number of carbonyl (C=O) groups is 1. The van der Waals surface area contributed by atoms with Gasteiger partial charge in [0.05, 0.1) is 7.11 Å². The van der Waals surface area contributed by atoms with Crippen molar-refractivity contribution in [3.63, 3.8) is 0 Å². The van der Waals surface area contributed by atoms with Gasteiger partial charge in [0.2, 0.25) is 0 Å². The molecule has 5 heteroatoms. The minimum Gasteiger partial charge on any atom is -0.465 e. The molecule has 0 aliphatic rings. The first-order valence-corrected chi connectivity index (χ1v) is 5.48. The molecule has 16 heavy (non-hydrogen) atoms. The summed E-state index contributed by atoms with van der Waals surface area (Å²) in [4.78, 5) is 16.4. The lowest BCUT2D eigenvalue weighted by Gasteiger charge is -2.04. The monoisotopic (exact) mass is 234 g/mol. The first-order chi connectivity index (χ1) is 7.72. The van der Waals surface area contributed by atoms with Crippen LogP contribution in [0.5, 0.6) is 0 Å². The van der Waals surface area contributed by atoms with E-state index in [2.05, 4.69) is 9.72 Å². The maximum Gasteiger partial charge on any atom is 0.341 e. The molecule has 2 N–H and O–H groups in total. The second-order valence-corrected chi connectivity index (χ2v) is 4.07. The van der Waals surface area contributed by atoms with Crippen molar-refractivity contribution in [2.45, 2.75) is 0 Å². The number of nitrogens with zero attached hydrogens (tertiary/aromatic N) is 1. The van der Waals surface area contributed by atoms with Gasteiger partial charge in [0.1, 0.15) is 11.4 Å². The zero-order valence-corrected chi connectivity index (χ0v) is 9.45. The number of carbonyl (C=O) groups excluding carboxylic acids is 1. The summed E-state index contributed by atoms with van der Waals surface area (Å²) in [5.41, 5.74) is 6.78. The molecule has 0 fully saturated rings. The van der Waals surface area contributed by atoms with Crippen molar-refractivity contribution in [2.24, 2.45) is 0 Å². The highest BCUT2D eigenvalue weighted by molar-refractivity contribution is 7.13. The lowest BCUT2D eigenvalue weighted by molar-refractivity contribution is 0.0601. The maximum atomic E-state index is 11.4. The number of esters is 1. The van der Waals surface area contributed by atoms with Crippen molar-refractivity contribution in [1.82, 2.24) is 4.98 Å². The SMILES string of the molecule is COC(=O)c1cc(-c2cccs2)cnc1N. The number of anilines is 1. The highest BCUT2D eigenvalue weighted by Crippen LogP contribution is 2.26. The summed E-state index contributed by atoms with van der Waals surface area (Å²) >= 11 is 1.58. The summed E-state index contributed by atoms with van der Waals surface area (Å²) in [5.74, 6) is -0.282. The molecular weight excluding hydrogens is 224 g/mol. The van der Waals surface area contributed by atoms with Gasteiger partial charge in [0.25, 0.3) is 0 Å². The third-order valence-corrected chi connectivity index (χ3v) is 3.05. The number of hydrogen-bond acceptors (Lipinski definition) is 5. The van der Waals surface area contributed by atoms with E-state index in [1.165, 1.54) is 7.11 Å². The van der Waals surface area contributed by atoms with Gasteiger partial charge in [-0.1, -0.05) is 6.07 Å². The summed E-state index contributed by atoms with van der Waals surface area (Å²) in [6.07, 6.45) is 1.65. The Morgan fingerprint density at radius 2 is 2.38 bits per heavy atom. The van der Waals surface area contributed by atoms with Crippen molar-refractivity contribution in [1.29, 1.82) is 0 Å². The van der Waals surface area contributed by atoms with Crippen molar-refractivity contribution >= 4 is 23.1 Å². The van der Waals surface area contributed by atoms with Crippen LogP contribution in [0.4, 0.5) is 5.82 Å². The third-order valence-electron chi connectivity index (χ3n) is 2.13. The minimum atomic E-state index is -0.469. The number of pyridine rings is 1. The summed E-state index contributed by atoms with van der Waals surface area (Å²) in [5, 5.41) is 1.96. The van der Waals surface area contributed by atoms with Crippen molar-refractivity contribution in [3.05, 3.63) is 35.3 Å². The molecule has 2 rings (SSSR count). The lowest BCUT2D eigenvalue weighted by atomic mass is 10.1. The zero-order chi connectivity index (χ0) is 11.5. The van der Waals surface area contributed by atoms with Crippen LogP contribution < -0.4 is 5.73 Å². The van der Waals surface area contributed by atoms with Gasteiger partial charge in [-0.3, -0.25) is 0 Å². The maximum absolute atomic E-state index is 11.4. The second kappa shape index (κ2) is 4.32. The molecular formula is C11H10N2O2S. The van der Waals surface area contributed by atoms with E-state index in [1.807, 2.05) is 17.5 Å². The fourth-order valence-corrected chi connectivity index (χ4v) is 2.03. The molecule has 0 amide bonds. The van der Waals surface area contributed by atoms with E-state index in [-0.39, 0.29) is 5.82 Å². The zero-order valence-electron chi connectivity index (χ0n) is 8.64. The van der Waals surface area contributed by atoms with E-state index >= 15 is 0 Å². The molecule has 0 bridgehead atoms. The van der Waals surface area contributed by atoms with Crippen LogP contribution in [0, 0.1) is 0 Å². The Kier molecular flexibility index (Phi) is 2.87. The average Bonchev–Trinajstić information content (AvgIpc) is 2.82. The fourth-order valence-electron chi connectivity index (χ4n) is 1.33. The third kappa shape index (κ3) is 1.90. The van der Waals surface area contributed by atoms with E-state index in [9.17, 15) is 4.79 Å². The van der Waals surface area contributed by atoms with Crippen LogP contribution in [-0.4, -0.2) is 18.1 Å². The predicted octanol–water partition coefficient (Wildman–Crippen LogP) is 2.18. The molecule has 0 radical (unpaired) electrons. The van der Waals surface area contributed by atoms with Gasteiger partial charge in [0.15, 0.2) is 0 Å². The Bertz CT molecular complexity index is 509. The molecule has 0 spiro atoms. The molecule has 0 saturated carbocycles. The van der Waals surface area contributed by atoms with Crippen LogP contribution in [0.25, 0.3) is 10.4 Å². The van der Waals surface area contributed by atoms with Gasteiger partial charge >= 0.3 is 5.97 Å². The van der Waals surface area contributed by atoms with E-state index in [0.29, 0.717) is 5.56 Å². The summed E-state index contributed by atoms with van der Waals surface area (Å²) in [7, 11) is 1.32. The normalized spacial score (nSPS) is 10.1. The Balaban J connectivity index is 2.47. The molecule has 0 atom stereocenters. The van der Waals surface area contributed by atoms with Crippen LogP contribution in [0.15, 0.2) is 29.8 Å². The number of thiophene rings is 1. The second-order valence-electron chi connectivity index (χ2n) is 3.13. The summed E-state index contributed by atoms with van der Waals surface area (Å²) in [6, 6.07) is 5.59. The number of nitrogens with two attached hydrogens (primary N) is 1. The van der Waals surface area contributed by atoms with E-state index < -0.39 is 5.97 Å². The van der Waals surface area contributed by atoms with Crippen molar-refractivity contribution < 1.29 is 9.53 Å². The number of aromatic nitrogens is 1. The van der Waals surface area contributed by atoms with E-state index in [4.69, 9.17) is 5.73 Å². The lowest BCUT2D eigenvalue weighted by Crippen LogP contribution is -2.07. The van der Waals surface area contributed by atoms with Crippen LogP contribution in [0.1, 0.15) is 10.4 Å². The average molecular weight is 234 g/mol. The first-order valence-electron chi connectivity index (χ1n) is 4.60. The van der Waals surface area contributed by atoms with E-state index in [1.54, 1.807) is 23.6 Å². The fraction of sp³-hybridized carbons (Fsp3) is 0.0909. The first kappa shape index (κ1) is 10.6. The Morgan fingerprint density at radius 3 is 3.00 bits per heavy atom. The van der Waals surface area contributed by atoms with Gasteiger partial charge < -0.3 is 10.5 Å². The van der Waals surface area contributed by atoms with Crippen LogP contribution in [0.2, 0.25) is 0 Å². The van der Waals surface area contributed by atoms with Crippen molar-refractivity contribution in [2.75, 3.05) is 12.8 Å². The van der Waals surface area contributed by atoms with E-state index in [0.717, 1.165) is 10.4 Å². The topological polar surface area (TPSA) is 65.2 Å². The predicted molar refractivity (Wildman–Crippen MR) is 63.3 cm³/mol. The molecule has 0 saturated heterocycles. The van der Waals surface area contributed by atoms with Crippen molar-refractivity contribution in [3.8, 4) is 10.4 Å². The molecule has 0 aromatic carbocycles. The number of nitrogen functional groups attached to an aromatic ring is 1. The Hall–Kier alpha value is -1.88. The molecule has 4 nitrogen and oxygen atoms in total. The minimum absolute atomic E-state index is 0.187. The molecule has 0 aliphatic carbocycles. The highest BCUT2D eigenvalue weighted by Gasteiger charge is 2.12. The number of ether oxygens (including phenoxy) is 1. The molecule has 2 aromatic rings. The quantitative estimate of drug-likeness (QED) is 0.809. The molecule has 2 aromatic heterocycles. The van der Waals surface area contributed by atoms with Gasteiger partial charge in [0, 0.05) is 16.6 Å². The Labute approximate surface area is 96.7 Å². The molecule has 82 valence electrons. The number of methoxy groups -OCH3 is 1. The summed E-state index contributed by atoms with van der Waals surface area (Å²) < 4.78 is 4.63.